The highest BCUT2D eigenvalue weighted by atomic mass is 16.3. The molecule has 1 aliphatic heterocycles. The summed E-state index contributed by atoms with van der Waals surface area (Å²) in [5, 5.41) is 8.44. The van der Waals surface area contributed by atoms with Crippen molar-refractivity contribution in [3.63, 3.8) is 0 Å². The summed E-state index contributed by atoms with van der Waals surface area (Å²) < 4.78 is 7.29. The van der Waals surface area contributed by atoms with Gasteiger partial charge in [-0.05, 0) is 51.0 Å². The normalized spacial score (nSPS) is 15.8. The fraction of sp³-hybridized carbons (Fsp3) is 0.381. The highest BCUT2D eigenvalue weighted by Crippen LogP contribution is 2.25. The lowest BCUT2D eigenvalue weighted by Crippen LogP contribution is -2.39. The van der Waals surface area contributed by atoms with Crippen molar-refractivity contribution in [2.45, 2.75) is 38.3 Å². The van der Waals surface area contributed by atoms with E-state index in [1.54, 1.807) is 6.26 Å². The first kappa shape index (κ1) is 18.4. The van der Waals surface area contributed by atoms with Crippen molar-refractivity contribution in [2.75, 3.05) is 13.1 Å². The van der Waals surface area contributed by atoms with Crippen LogP contribution in [0.1, 0.15) is 48.8 Å². The largest absolute Gasteiger partial charge is 0.464 e. The van der Waals surface area contributed by atoms with Crippen LogP contribution in [0.4, 0.5) is 0 Å². The number of piperidine rings is 1. The molecule has 0 bridgehead atoms. The number of amides is 1. The first-order valence-electron chi connectivity index (χ1n) is 9.56. The Morgan fingerprint density at radius 1 is 1.18 bits per heavy atom. The minimum atomic E-state index is -0.503. The molecule has 7 nitrogen and oxygen atoms in total. The van der Waals surface area contributed by atoms with E-state index in [2.05, 4.69) is 10.3 Å². The predicted molar refractivity (Wildman–Crippen MR) is 106 cm³/mol. The number of likely N-dealkylation sites (tertiary alicyclic amines) is 1. The van der Waals surface area contributed by atoms with Gasteiger partial charge in [0.25, 0.3) is 5.91 Å². The number of carbonyl (C=O) groups excluding carboxylic acids is 1. The summed E-state index contributed by atoms with van der Waals surface area (Å²) in [5.74, 6) is 0.861. The van der Waals surface area contributed by atoms with E-state index in [-0.39, 0.29) is 11.9 Å². The molecule has 3 heterocycles. The molecule has 1 saturated heterocycles. The summed E-state index contributed by atoms with van der Waals surface area (Å²) in [7, 11) is 0. The molecule has 3 aromatic rings. The first-order valence-corrected chi connectivity index (χ1v) is 9.56. The lowest BCUT2D eigenvalue weighted by molar-refractivity contribution is 0.0689. The zero-order valence-corrected chi connectivity index (χ0v) is 16.2. The molecule has 0 saturated carbocycles. The van der Waals surface area contributed by atoms with Gasteiger partial charge in [0.1, 0.15) is 11.5 Å². The number of nitrogens with two attached hydrogens (primary N) is 1. The van der Waals surface area contributed by atoms with E-state index in [1.807, 2.05) is 66.0 Å². The molecule has 0 spiro atoms. The Balaban J connectivity index is 1.38. The molecule has 0 atom stereocenters. The highest BCUT2D eigenvalue weighted by molar-refractivity contribution is 5.94. The summed E-state index contributed by atoms with van der Waals surface area (Å²) in [6, 6.07) is 11.6. The Labute approximate surface area is 164 Å². The van der Waals surface area contributed by atoms with Gasteiger partial charge in [0, 0.05) is 24.2 Å². The van der Waals surface area contributed by atoms with Crippen molar-refractivity contribution in [3.05, 3.63) is 60.1 Å². The molecule has 0 unspecified atom stereocenters. The molecule has 28 heavy (non-hydrogen) atoms. The van der Waals surface area contributed by atoms with Crippen LogP contribution in [0.5, 0.6) is 0 Å². The van der Waals surface area contributed by atoms with Gasteiger partial charge in [-0.1, -0.05) is 17.3 Å². The van der Waals surface area contributed by atoms with Gasteiger partial charge in [-0.15, -0.1) is 5.10 Å². The van der Waals surface area contributed by atoms with Crippen LogP contribution in [0.2, 0.25) is 0 Å². The SMILES string of the molecule is CC(C)(N)c1cn(C2CCN(C(=O)c3ccc(-c4ccco4)cc3)CC2)nn1. The van der Waals surface area contributed by atoms with Gasteiger partial charge < -0.3 is 15.1 Å². The molecular weight excluding hydrogens is 354 g/mol. The topological polar surface area (TPSA) is 90.2 Å². The van der Waals surface area contributed by atoms with Gasteiger partial charge in [-0.3, -0.25) is 4.79 Å². The summed E-state index contributed by atoms with van der Waals surface area (Å²) in [6.07, 6.45) is 5.27. The molecule has 7 heteroatoms. The van der Waals surface area contributed by atoms with Crippen molar-refractivity contribution in [1.82, 2.24) is 19.9 Å². The molecule has 1 aromatic carbocycles. The van der Waals surface area contributed by atoms with Gasteiger partial charge in [0.05, 0.1) is 24.0 Å². The number of hydrogen-bond donors (Lipinski definition) is 1. The summed E-state index contributed by atoms with van der Waals surface area (Å²) in [5.41, 5.74) is 8.03. The van der Waals surface area contributed by atoms with Gasteiger partial charge in [0.2, 0.25) is 0 Å². The number of rotatable bonds is 4. The fourth-order valence-corrected chi connectivity index (χ4v) is 3.49. The van der Waals surface area contributed by atoms with E-state index in [0.29, 0.717) is 18.7 Å². The van der Waals surface area contributed by atoms with Crippen LogP contribution >= 0.6 is 0 Å². The van der Waals surface area contributed by atoms with Crippen LogP contribution in [-0.2, 0) is 5.54 Å². The second-order valence-corrected chi connectivity index (χ2v) is 7.88. The quantitative estimate of drug-likeness (QED) is 0.752. The van der Waals surface area contributed by atoms with E-state index < -0.39 is 5.54 Å². The molecule has 0 aliphatic carbocycles. The van der Waals surface area contributed by atoms with Gasteiger partial charge in [-0.25, -0.2) is 4.68 Å². The maximum atomic E-state index is 12.8. The Morgan fingerprint density at radius 3 is 2.46 bits per heavy atom. The highest BCUT2D eigenvalue weighted by Gasteiger charge is 2.27. The Hall–Kier alpha value is -2.93. The van der Waals surface area contributed by atoms with Gasteiger partial charge >= 0.3 is 0 Å². The summed E-state index contributed by atoms with van der Waals surface area (Å²) in [4.78, 5) is 14.7. The number of carbonyl (C=O) groups is 1. The Bertz CT molecular complexity index is 930. The van der Waals surface area contributed by atoms with Crippen LogP contribution < -0.4 is 5.73 Å². The third kappa shape index (κ3) is 3.71. The van der Waals surface area contributed by atoms with Crippen molar-refractivity contribution in [2.24, 2.45) is 5.73 Å². The average molecular weight is 379 g/mol. The average Bonchev–Trinajstić information content (AvgIpc) is 3.39. The van der Waals surface area contributed by atoms with Crippen LogP contribution in [0, 0.1) is 0 Å². The third-order valence-electron chi connectivity index (χ3n) is 5.23. The molecular formula is C21H25N5O2. The van der Waals surface area contributed by atoms with Crippen LogP contribution in [0.15, 0.2) is 53.3 Å². The summed E-state index contributed by atoms with van der Waals surface area (Å²) in [6.45, 7) is 5.23. The van der Waals surface area contributed by atoms with Crippen LogP contribution in [-0.4, -0.2) is 38.9 Å². The first-order chi connectivity index (χ1) is 13.4. The van der Waals surface area contributed by atoms with Gasteiger partial charge in [0.15, 0.2) is 0 Å². The molecule has 1 aliphatic rings. The molecule has 1 amide bonds. The van der Waals surface area contributed by atoms with Gasteiger partial charge in [-0.2, -0.15) is 0 Å². The van der Waals surface area contributed by atoms with E-state index in [4.69, 9.17) is 10.2 Å². The van der Waals surface area contributed by atoms with E-state index in [9.17, 15) is 4.79 Å². The number of nitrogens with zero attached hydrogens (tertiary/aromatic N) is 4. The van der Waals surface area contributed by atoms with Crippen molar-refractivity contribution >= 4 is 5.91 Å². The molecule has 4 rings (SSSR count). The predicted octanol–water partition coefficient (Wildman–Crippen LogP) is 3.21. The Kier molecular flexibility index (Phi) is 4.77. The van der Waals surface area contributed by atoms with Crippen molar-refractivity contribution < 1.29 is 9.21 Å². The third-order valence-corrected chi connectivity index (χ3v) is 5.23. The molecule has 0 radical (unpaired) electrons. The smallest absolute Gasteiger partial charge is 0.253 e. The number of aromatic nitrogens is 3. The minimum absolute atomic E-state index is 0.0619. The molecule has 2 aromatic heterocycles. The zero-order valence-electron chi connectivity index (χ0n) is 16.2. The number of benzene rings is 1. The zero-order chi connectivity index (χ0) is 19.7. The van der Waals surface area contributed by atoms with E-state index in [0.717, 1.165) is 29.9 Å². The molecule has 146 valence electrons. The molecule has 1 fully saturated rings. The lowest BCUT2D eigenvalue weighted by Gasteiger charge is -2.32. The summed E-state index contributed by atoms with van der Waals surface area (Å²) >= 11 is 0. The minimum Gasteiger partial charge on any atom is -0.464 e. The molecule has 2 N–H and O–H groups in total. The van der Waals surface area contributed by atoms with E-state index in [1.165, 1.54) is 0 Å². The maximum Gasteiger partial charge on any atom is 0.253 e. The number of hydrogen-bond acceptors (Lipinski definition) is 5. The second kappa shape index (κ2) is 7.24. The fourth-order valence-electron chi connectivity index (χ4n) is 3.49. The second-order valence-electron chi connectivity index (χ2n) is 7.88. The van der Waals surface area contributed by atoms with E-state index >= 15 is 0 Å². The van der Waals surface area contributed by atoms with Crippen LogP contribution in [0.3, 0.4) is 0 Å². The van der Waals surface area contributed by atoms with Crippen LogP contribution in [0.25, 0.3) is 11.3 Å². The maximum absolute atomic E-state index is 12.8. The Morgan fingerprint density at radius 2 is 1.89 bits per heavy atom. The standard InChI is InChI=1S/C21H25N5O2/c1-21(2,22)19-14-26(24-23-19)17-9-11-25(12-10-17)20(27)16-7-5-15(6-8-16)18-4-3-13-28-18/h3-8,13-14,17H,9-12,22H2,1-2H3. The van der Waals surface area contributed by atoms with Crippen molar-refractivity contribution in [1.29, 1.82) is 0 Å². The number of furan rings is 1. The monoisotopic (exact) mass is 379 g/mol. The lowest BCUT2D eigenvalue weighted by atomic mass is 10.0. The van der Waals surface area contributed by atoms with Crippen molar-refractivity contribution in [3.8, 4) is 11.3 Å².